The molecule has 2 aromatic heterocycles. The zero-order valence-electron chi connectivity index (χ0n) is 13.5. The molecule has 0 N–H and O–H groups in total. The van der Waals surface area contributed by atoms with E-state index in [1.807, 2.05) is 30.9 Å². The highest BCUT2D eigenvalue weighted by molar-refractivity contribution is 5.39. The Kier molecular flexibility index (Phi) is 4.33. The second-order valence-electron chi connectivity index (χ2n) is 5.98. The molecule has 0 spiro atoms. The lowest BCUT2D eigenvalue weighted by atomic mass is 10.0. The van der Waals surface area contributed by atoms with Crippen molar-refractivity contribution in [2.24, 2.45) is 7.05 Å². The summed E-state index contributed by atoms with van der Waals surface area (Å²) in [5.74, 6) is 1.02. The number of piperidine rings is 1. The van der Waals surface area contributed by atoms with Crippen LogP contribution >= 0.6 is 0 Å². The molecule has 1 fully saturated rings. The molecule has 22 heavy (non-hydrogen) atoms. The summed E-state index contributed by atoms with van der Waals surface area (Å²) in [4.78, 5) is 13.3. The van der Waals surface area contributed by atoms with E-state index in [9.17, 15) is 0 Å². The largest absolute Gasteiger partial charge is 0.356 e. The van der Waals surface area contributed by atoms with Gasteiger partial charge in [-0.05, 0) is 19.8 Å². The monoisotopic (exact) mass is 301 g/mol. The number of rotatable bonds is 4. The lowest BCUT2D eigenvalue weighted by Gasteiger charge is -2.37. The Morgan fingerprint density at radius 2 is 2.05 bits per heavy atom. The van der Waals surface area contributed by atoms with Crippen LogP contribution in [-0.2, 0) is 13.6 Å². The average Bonchev–Trinajstić information content (AvgIpc) is 2.92. The van der Waals surface area contributed by atoms with Crippen LogP contribution in [-0.4, -0.2) is 56.0 Å². The second-order valence-corrected chi connectivity index (χ2v) is 5.98. The molecule has 1 aliphatic rings. The van der Waals surface area contributed by atoms with Gasteiger partial charge in [-0.3, -0.25) is 9.58 Å². The van der Waals surface area contributed by atoms with Crippen molar-refractivity contribution in [3.05, 3.63) is 30.0 Å². The molecule has 0 unspecified atom stereocenters. The minimum absolute atomic E-state index is 0.537. The minimum atomic E-state index is 0.537. The van der Waals surface area contributed by atoms with E-state index in [1.54, 1.807) is 6.33 Å². The van der Waals surface area contributed by atoms with Gasteiger partial charge in [-0.15, -0.1) is 5.10 Å². The molecule has 2 aromatic rings. The third-order valence-electron chi connectivity index (χ3n) is 4.45. The maximum Gasteiger partial charge on any atom is 0.132 e. The normalized spacial score (nSPS) is 16.9. The van der Waals surface area contributed by atoms with Crippen molar-refractivity contribution in [2.45, 2.75) is 32.4 Å². The summed E-state index contributed by atoms with van der Waals surface area (Å²) in [6, 6.07) is 2.59. The molecule has 0 aromatic carbocycles. The number of likely N-dealkylation sites (tertiary alicyclic amines) is 1. The molecule has 0 aliphatic carbocycles. The molecule has 3 heterocycles. The predicted molar refractivity (Wildman–Crippen MR) is 84.5 cm³/mol. The fourth-order valence-corrected chi connectivity index (χ4v) is 2.97. The lowest BCUT2D eigenvalue weighted by Crippen LogP contribution is -2.43. The Bertz CT molecular complexity index is 616. The maximum atomic E-state index is 4.39. The first-order chi connectivity index (χ1) is 10.6. The van der Waals surface area contributed by atoms with Gasteiger partial charge in [-0.2, -0.15) is 0 Å². The zero-order valence-corrected chi connectivity index (χ0v) is 13.5. The van der Waals surface area contributed by atoms with Gasteiger partial charge in [-0.25, -0.2) is 9.97 Å². The first-order valence-electron chi connectivity index (χ1n) is 7.71. The number of hydrogen-bond donors (Lipinski definition) is 0. The van der Waals surface area contributed by atoms with E-state index in [0.717, 1.165) is 44.0 Å². The van der Waals surface area contributed by atoms with Gasteiger partial charge >= 0.3 is 0 Å². The van der Waals surface area contributed by atoms with Crippen LogP contribution in [0, 0.1) is 6.92 Å². The third kappa shape index (κ3) is 3.24. The molecule has 118 valence electrons. The second kappa shape index (κ2) is 6.39. The molecule has 0 bridgehead atoms. The summed E-state index contributed by atoms with van der Waals surface area (Å²) in [6.45, 7) is 5.10. The molecule has 1 aliphatic heterocycles. The van der Waals surface area contributed by atoms with Gasteiger partial charge in [-0.1, -0.05) is 5.21 Å². The van der Waals surface area contributed by atoms with Gasteiger partial charge in [0.05, 0.1) is 11.9 Å². The lowest BCUT2D eigenvalue weighted by molar-refractivity contribution is 0.199. The van der Waals surface area contributed by atoms with Crippen LogP contribution in [0.15, 0.2) is 18.6 Å². The van der Waals surface area contributed by atoms with E-state index >= 15 is 0 Å². The Balaban J connectivity index is 1.56. The van der Waals surface area contributed by atoms with Crippen LogP contribution in [0.1, 0.15) is 24.2 Å². The molecule has 1 saturated heterocycles. The molecular formula is C15H23N7. The van der Waals surface area contributed by atoms with Crippen molar-refractivity contribution in [1.29, 1.82) is 0 Å². The van der Waals surface area contributed by atoms with E-state index in [0.29, 0.717) is 6.04 Å². The fraction of sp³-hybridized carbons (Fsp3) is 0.600. The van der Waals surface area contributed by atoms with Gasteiger partial charge in [0.2, 0.25) is 0 Å². The topological polar surface area (TPSA) is 63.0 Å². The van der Waals surface area contributed by atoms with Gasteiger partial charge in [0, 0.05) is 51.5 Å². The highest BCUT2D eigenvalue weighted by Gasteiger charge is 2.24. The molecule has 0 saturated carbocycles. The summed E-state index contributed by atoms with van der Waals surface area (Å²) in [5.41, 5.74) is 2.18. The quantitative estimate of drug-likeness (QED) is 0.840. The van der Waals surface area contributed by atoms with Crippen molar-refractivity contribution in [1.82, 2.24) is 29.9 Å². The van der Waals surface area contributed by atoms with Gasteiger partial charge in [0.1, 0.15) is 12.1 Å². The van der Waals surface area contributed by atoms with Crippen LogP contribution in [0.3, 0.4) is 0 Å². The van der Waals surface area contributed by atoms with Crippen molar-refractivity contribution >= 4 is 5.82 Å². The Labute approximate surface area is 131 Å². The predicted octanol–water partition coefficient (Wildman–Crippen LogP) is 1.01. The molecule has 3 rings (SSSR count). The first kappa shape index (κ1) is 14.9. The maximum absolute atomic E-state index is 4.39. The van der Waals surface area contributed by atoms with Crippen LogP contribution < -0.4 is 4.90 Å². The highest BCUT2D eigenvalue weighted by Crippen LogP contribution is 2.21. The molecule has 0 amide bonds. The SMILES string of the molecule is Cc1cc(N(C)C2CCN(Cc3cnnn3C)CC2)ncn1. The Morgan fingerprint density at radius 1 is 1.27 bits per heavy atom. The van der Waals surface area contributed by atoms with Crippen molar-refractivity contribution in [3.63, 3.8) is 0 Å². The smallest absolute Gasteiger partial charge is 0.132 e. The van der Waals surface area contributed by atoms with Crippen LogP contribution in [0.2, 0.25) is 0 Å². The molecule has 0 radical (unpaired) electrons. The highest BCUT2D eigenvalue weighted by atomic mass is 15.4. The zero-order chi connectivity index (χ0) is 15.5. The van der Waals surface area contributed by atoms with Gasteiger partial charge < -0.3 is 4.90 Å². The number of nitrogens with zero attached hydrogens (tertiary/aromatic N) is 7. The molecule has 7 nitrogen and oxygen atoms in total. The van der Waals surface area contributed by atoms with E-state index in [1.165, 1.54) is 5.69 Å². The minimum Gasteiger partial charge on any atom is -0.356 e. The van der Waals surface area contributed by atoms with Crippen LogP contribution in [0.25, 0.3) is 0 Å². The Hall–Kier alpha value is -2.02. The van der Waals surface area contributed by atoms with Gasteiger partial charge in [0.25, 0.3) is 0 Å². The third-order valence-corrected chi connectivity index (χ3v) is 4.45. The number of anilines is 1. The summed E-state index contributed by atoms with van der Waals surface area (Å²) in [5, 5.41) is 7.93. The number of aromatic nitrogens is 5. The summed E-state index contributed by atoms with van der Waals surface area (Å²) in [7, 11) is 4.08. The van der Waals surface area contributed by atoms with Crippen molar-refractivity contribution < 1.29 is 0 Å². The molecular weight excluding hydrogens is 278 g/mol. The summed E-state index contributed by atoms with van der Waals surface area (Å²) < 4.78 is 1.85. The summed E-state index contributed by atoms with van der Waals surface area (Å²) in [6.07, 6.45) is 5.78. The number of aryl methyl sites for hydroxylation is 2. The van der Waals surface area contributed by atoms with Crippen LogP contribution in [0.5, 0.6) is 0 Å². The van der Waals surface area contributed by atoms with E-state index in [4.69, 9.17) is 0 Å². The average molecular weight is 301 g/mol. The van der Waals surface area contributed by atoms with Gasteiger partial charge in [0.15, 0.2) is 0 Å². The first-order valence-corrected chi connectivity index (χ1v) is 7.71. The number of hydrogen-bond acceptors (Lipinski definition) is 6. The Morgan fingerprint density at radius 3 is 2.68 bits per heavy atom. The van der Waals surface area contributed by atoms with Crippen molar-refractivity contribution in [3.8, 4) is 0 Å². The van der Waals surface area contributed by atoms with E-state index in [-0.39, 0.29) is 0 Å². The standard InChI is InChI=1S/C15H23N7/c1-12-8-15(17-11-16-12)20(2)13-4-6-22(7-5-13)10-14-9-18-19-21(14)3/h8-9,11,13H,4-7,10H2,1-3H3. The van der Waals surface area contributed by atoms with Crippen molar-refractivity contribution in [2.75, 3.05) is 25.0 Å². The molecule has 0 atom stereocenters. The van der Waals surface area contributed by atoms with Crippen LogP contribution in [0.4, 0.5) is 5.82 Å². The fourth-order valence-electron chi connectivity index (χ4n) is 2.97. The van der Waals surface area contributed by atoms with E-state index < -0.39 is 0 Å². The molecule has 7 heteroatoms. The summed E-state index contributed by atoms with van der Waals surface area (Å²) >= 11 is 0. The van der Waals surface area contributed by atoms with E-state index in [2.05, 4.69) is 37.1 Å².